The van der Waals surface area contributed by atoms with Gasteiger partial charge in [-0.15, -0.1) is 0 Å². The summed E-state index contributed by atoms with van der Waals surface area (Å²) in [5, 5.41) is 9.27. The minimum absolute atomic E-state index is 0.144. The summed E-state index contributed by atoms with van der Waals surface area (Å²) in [5.41, 5.74) is 0. The van der Waals surface area contributed by atoms with Gasteiger partial charge in [0.05, 0.1) is 0 Å². The van der Waals surface area contributed by atoms with E-state index in [9.17, 15) is 9.90 Å². The van der Waals surface area contributed by atoms with Gasteiger partial charge in [-0.1, -0.05) is 6.42 Å². The molecule has 0 aromatic carbocycles. The monoisotopic (exact) mass is 195 g/mol. The van der Waals surface area contributed by atoms with Gasteiger partial charge in [-0.3, -0.25) is 9.69 Å². The van der Waals surface area contributed by atoms with E-state index in [1.165, 1.54) is 25.7 Å². The summed E-state index contributed by atoms with van der Waals surface area (Å²) in [6, 6.07) is 0.469. The average molecular weight is 195 g/mol. The fourth-order valence-corrected chi connectivity index (χ4v) is 3.45. The zero-order chi connectivity index (χ0) is 9.71. The summed E-state index contributed by atoms with van der Waals surface area (Å²) in [5.74, 6) is 0.580. The van der Waals surface area contributed by atoms with Gasteiger partial charge < -0.3 is 5.11 Å². The highest BCUT2D eigenvalue weighted by atomic mass is 16.4. The average Bonchev–Trinajstić information content (AvgIpc) is 2.75. The lowest BCUT2D eigenvalue weighted by molar-refractivity contribution is -0.143. The maximum atomic E-state index is 11.2. The van der Waals surface area contributed by atoms with Crippen molar-refractivity contribution in [3.8, 4) is 0 Å². The molecule has 0 bridgehead atoms. The Morgan fingerprint density at radius 2 is 2.00 bits per heavy atom. The molecule has 14 heavy (non-hydrogen) atoms. The van der Waals surface area contributed by atoms with Crippen LogP contribution in [0, 0.1) is 11.8 Å². The van der Waals surface area contributed by atoms with Crippen molar-refractivity contribution in [3.05, 3.63) is 0 Å². The minimum Gasteiger partial charge on any atom is -0.480 e. The highest BCUT2D eigenvalue weighted by molar-refractivity contribution is 5.74. The van der Waals surface area contributed by atoms with Crippen molar-refractivity contribution in [1.82, 2.24) is 4.90 Å². The number of likely N-dealkylation sites (tertiary alicyclic amines) is 1. The molecule has 3 nitrogen and oxygen atoms in total. The normalized spacial score (nSPS) is 42.7. The molecular weight excluding hydrogens is 178 g/mol. The Morgan fingerprint density at radius 1 is 1.21 bits per heavy atom. The number of hydrogen-bond acceptors (Lipinski definition) is 2. The first kappa shape index (κ1) is 8.72. The number of rotatable bonds is 2. The fraction of sp³-hybridized carbons (Fsp3) is 0.909. The number of fused-ring (bicyclic) bond motifs is 1. The minimum atomic E-state index is -0.577. The lowest BCUT2D eigenvalue weighted by atomic mass is 9.94. The maximum Gasteiger partial charge on any atom is 0.321 e. The molecule has 1 aliphatic heterocycles. The number of hydrogen-bond donors (Lipinski definition) is 1. The zero-order valence-electron chi connectivity index (χ0n) is 8.35. The van der Waals surface area contributed by atoms with Gasteiger partial charge in [0.25, 0.3) is 0 Å². The van der Waals surface area contributed by atoms with Crippen LogP contribution in [0.5, 0.6) is 0 Å². The van der Waals surface area contributed by atoms with Crippen molar-refractivity contribution in [3.63, 3.8) is 0 Å². The summed E-state index contributed by atoms with van der Waals surface area (Å²) in [7, 11) is 0. The largest absolute Gasteiger partial charge is 0.480 e. The van der Waals surface area contributed by atoms with Crippen molar-refractivity contribution in [2.75, 3.05) is 6.54 Å². The highest BCUT2D eigenvalue weighted by Gasteiger charge is 2.51. The third-order valence-corrected chi connectivity index (χ3v) is 4.19. The van der Waals surface area contributed by atoms with Gasteiger partial charge in [0.15, 0.2) is 0 Å². The van der Waals surface area contributed by atoms with Crippen LogP contribution in [0.25, 0.3) is 0 Å². The molecule has 0 amide bonds. The summed E-state index contributed by atoms with van der Waals surface area (Å²) in [6.45, 7) is 1.06. The second kappa shape index (κ2) is 2.96. The van der Waals surface area contributed by atoms with Gasteiger partial charge in [-0.2, -0.15) is 0 Å². The fourth-order valence-electron chi connectivity index (χ4n) is 3.45. The van der Waals surface area contributed by atoms with E-state index in [-0.39, 0.29) is 6.04 Å². The Kier molecular flexibility index (Phi) is 1.84. The molecule has 3 fully saturated rings. The van der Waals surface area contributed by atoms with Crippen LogP contribution in [0.15, 0.2) is 0 Å². The number of nitrogens with zero attached hydrogens (tertiary/aromatic N) is 1. The zero-order valence-corrected chi connectivity index (χ0v) is 8.35. The van der Waals surface area contributed by atoms with Crippen molar-refractivity contribution < 1.29 is 9.90 Å². The van der Waals surface area contributed by atoms with Crippen LogP contribution >= 0.6 is 0 Å². The molecule has 0 spiro atoms. The van der Waals surface area contributed by atoms with Gasteiger partial charge >= 0.3 is 5.97 Å². The van der Waals surface area contributed by atoms with E-state index < -0.39 is 5.97 Å². The van der Waals surface area contributed by atoms with Crippen LogP contribution in [0.1, 0.15) is 32.1 Å². The smallest absolute Gasteiger partial charge is 0.321 e. The van der Waals surface area contributed by atoms with Crippen molar-refractivity contribution in [1.29, 1.82) is 0 Å². The number of carbonyl (C=O) groups is 1. The van der Waals surface area contributed by atoms with Crippen LogP contribution in [0.4, 0.5) is 0 Å². The third kappa shape index (κ3) is 1.18. The Bertz CT molecular complexity index is 262. The predicted molar refractivity (Wildman–Crippen MR) is 52.0 cm³/mol. The predicted octanol–water partition coefficient (Wildman–Crippen LogP) is 1.33. The molecule has 1 heterocycles. The molecule has 2 aliphatic carbocycles. The highest BCUT2D eigenvalue weighted by Crippen LogP contribution is 2.46. The van der Waals surface area contributed by atoms with E-state index in [1.54, 1.807) is 0 Å². The topological polar surface area (TPSA) is 40.5 Å². The van der Waals surface area contributed by atoms with Crippen LogP contribution in [0.3, 0.4) is 0 Å². The molecule has 0 radical (unpaired) electrons. The van der Waals surface area contributed by atoms with Gasteiger partial charge in [-0.05, 0) is 37.5 Å². The summed E-state index contributed by atoms with van der Waals surface area (Å²) in [6.07, 6.45) is 6.10. The van der Waals surface area contributed by atoms with Crippen molar-refractivity contribution in [2.24, 2.45) is 11.8 Å². The molecular formula is C11H17NO2. The summed E-state index contributed by atoms with van der Waals surface area (Å²) >= 11 is 0. The Hall–Kier alpha value is -0.570. The molecule has 3 atom stereocenters. The molecule has 1 N–H and O–H groups in total. The van der Waals surface area contributed by atoms with E-state index >= 15 is 0 Å². The molecule has 2 saturated carbocycles. The second-order valence-corrected chi connectivity index (χ2v) is 5.07. The van der Waals surface area contributed by atoms with Crippen molar-refractivity contribution >= 4 is 5.97 Å². The first-order chi connectivity index (χ1) is 6.77. The molecule has 0 aromatic rings. The molecule has 3 rings (SSSR count). The quantitative estimate of drug-likeness (QED) is 0.722. The number of aliphatic carboxylic acids is 1. The Balaban J connectivity index is 1.83. The van der Waals surface area contributed by atoms with Crippen LogP contribution in [0.2, 0.25) is 0 Å². The van der Waals surface area contributed by atoms with E-state index in [2.05, 4.69) is 4.90 Å². The van der Waals surface area contributed by atoms with Crippen LogP contribution in [-0.4, -0.2) is 34.6 Å². The Morgan fingerprint density at radius 3 is 2.64 bits per heavy atom. The molecule has 3 aliphatic rings. The van der Waals surface area contributed by atoms with Crippen LogP contribution in [-0.2, 0) is 4.79 Å². The van der Waals surface area contributed by atoms with E-state index in [1.807, 2.05) is 0 Å². The number of carboxylic acid groups (broad SMARTS) is 1. The number of carboxylic acids is 1. The second-order valence-electron chi connectivity index (χ2n) is 5.07. The molecule has 1 saturated heterocycles. The van der Waals surface area contributed by atoms with Gasteiger partial charge in [0.1, 0.15) is 6.04 Å². The van der Waals surface area contributed by atoms with Gasteiger partial charge in [-0.25, -0.2) is 0 Å². The first-order valence-electron chi connectivity index (χ1n) is 5.76. The van der Waals surface area contributed by atoms with Crippen molar-refractivity contribution in [2.45, 2.75) is 44.2 Å². The van der Waals surface area contributed by atoms with E-state index in [4.69, 9.17) is 0 Å². The molecule has 78 valence electrons. The van der Waals surface area contributed by atoms with E-state index in [0.29, 0.717) is 17.9 Å². The lowest BCUT2D eigenvalue weighted by Crippen LogP contribution is -2.40. The van der Waals surface area contributed by atoms with Gasteiger partial charge in [0.2, 0.25) is 0 Å². The third-order valence-electron chi connectivity index (χ3n) is 4.19. The van der Waals surface area contributed by atoms with Crippen LogP contribution < -0.4 is 0 Å². The SMILES string of the molecule is O=C(O)C1C2CCCC2CN1C1CC1. The van der Waals surface area contributed by atoms with Gasteiger partial charge in [0, 0.05) is 12.6 Å². The molecule has 3 unspecified atom stereocenters. The Labute approximate surface area is 84.1 Å². The molecule has 3 heteroatoms. The molecule has 0 aromatic heterocycles. The summed E-state index contributed by atoms with van der Waals surface area (Å²) < 4.78 is 0. The van der Waals surface area contributed by atoms with E-state index in [0.717, 1.165) is 13.0 Å². The summed E-state index contributed by atoms with van der Waals surface area (Å²) in [4.78, 5) is 13.5. The maximum absolute atomic E-state index is 11.2. The standard InChI is InChI=1S/C11H17NO2/c13-11(14)10-9-3-1-2-7(9)6-12(10)8-4-5-8/h7-10H,1-6H2,(H,13,14). The first-order valence-corrected chi connectivity index (χ1v) is 5.76. The lowest BCUT2D eigenvalue weighted by Gasteiger charge is -2.23.